The van der Waals surface area contributed by atoms with Crippen molar-refractivity contribution in [3.8, 4) is 0 Å². The lowest BCUT2D eigenvalue weighted by Crippen LogP contribution is -2.48. The van der Waals surface area contributed by atoms with Crippen molar-refractivity contribution in [3.63, 3.8) is 0 Å². The standard InChI is InChI=1S/C13H18ClN3O3/c1-8-9(14)10(15-16(8)3)11(18)17-6-4-5-13(2,7-17)12(19)20/h4-7H2,1-3H3,(H,19,20). The Balaban J connectivity index is 2.25. The molecule has 0 spiro atoms. The highest BCUT2D eigenvalue weighted by Crippen LogP contribution is 2.31. The minimum atomic E-state index is -0.899. The van der Waals surface area contributed by atoms with Gasteiger partial charge in [0, 0.05) is 20.1 Å². The van der Waals surface area contributed by atoms with Crippen molar-refractivity contribution in [1.82, 2.24) is 14.7 Å². The molecule has 1 saturated heterocycles. The number of aromatic nitrogens is 2. The summed E-state index contributed by atoms with van der Waals surface area (Å²) < 4.78 is 1.55. The second-order valence-electron chi connectivity index (χ2n) is 5.57. The molecule has 1 aliphatic heterocycles. The monoisotopic (exact) mass is 299 g/mol. The Morgan fingerprint density at radius 2 is 2.10 bits per heavy atom. The second-order valence-corrected chi connectivity index (χ2v) is 5.95. The van der Waals surface area contributed by atoms with Gasteiger partial charge in [0.25, 0.3) is 5.91 Å². The van der Waals surface area contributed by atoms with Gasteiger partial charge in [0.2, 0.25) is 0 Å². The van der Waals surface area contributed by atoms with Crippen LogP contribution in [0.1, 0.15) is 35.9 Å². The summed E-state index contributed by atoms with van der Waals surface area (Å²) >= 11 is 6.11. The Morgan fingerprint density at radius 1 is 1.45 bits per heavy atom. The first kappa shape index (κ1) is 14.8. The highest BCUT2D eigenvalue weighted by molar-refractivity contribution is 6.34. The van der Waals surface area contributed by atoms with E-state index in [0.717, 1.165) is 0 Å². The van der Waals surface area contributed by atoms with Crippen molar-refractivity contribution >= 4 is 23.5 Å². The lowest BCUT2D eigenvalue weighted by atomic mass is 9.82. The number of carbonyl (C=O) groups is 2. The van der Waals surface area contributed by atoms with E-state index in [1.807, 2.05) is 0 Å². The minimum absolute atomic E-state index is 0.188. The van der Waals surface area contributed by atoms with Crippen LogP contribution in [0.4, 0.5) is 0 Å². The van der Waals surface area contributed by atoms with Crippen molar-refractivity contribution in [1.29, 1.82) is 0 Å². The molecule has 6 nitrogen and oxygen atoms in total. The maximum absolute atomic E-state index is 12.5. The number of hydrogen-bond donors (Lipinski definition) is 1. The quantitative estimate of drug-likeness (QED) is 0.902. The van der Waals surface area contributed by atoms with Gasteiger partial charge in [0.1, 0.15) is 0 Å². The van der Waals surface area contributed by atoms with Crippen LogP contribution in [0.25, 0.3) is 0 Å². The van der Waals surface area contributed by atoms with Gasteiger partial charge in [-0.2, -0.15) is 5.10 Å². The van der Waals surface area contributed by atoms with Crippen LogP contribution in [0.3, 0.4) is 0 Å². The molecular formula is C13H18ClN3O3. The van der Waals surface area contributed by atoms with Crippen LogP contribution in [0.5, 0.6) is 0 Å². The first-order valence-electron chi connectivity index (χ1n) is 6.48. The van der Waals surface area contributed by atoms with Gasteiger partial charge in [0.05, 0.1) is 16.1 Å². The molecule has 0 bridgehead atoms. The van der Waals surface area contributed by atoms with E-state index in [-0.39, 0.29) is 18.1 Å². The van der Waals surface area contributed by atoms with Crippen molar-refractivity contribution in [2.45, 2.75) is 26.7 Å². The summed E-state index contributed by atoms with van der Waals surface area (Å²) in [6.07, 6.45) is 1.24. The summed E-state index contributed by atoms with van der Waals surface area (Å²) in [6.45, 7) is 4.17. The molecule has 1 aromatic heterocycles. The number of carboxylic acids is 1. The average Bonchev–Trinajstić information content (AvgIpc) is 2.65. The molecule has 110 valence electrons. The van der Waals surface area contributed by atoms with Gasteiger partial charge in [-0.1, -0.05) is 11.6 Å². The summed E-state index contributed by atoms with van der Waals surface area (Å²) in [4.78, 5) is 25.3. The van der Waals surface area contributed by atoms with Crippen LogP contribution in [-0.2, 0) is 11.8 Å². The fourth-order valence-corrected chi connectivity index (χ4v) is 2.70. The Bertz CT molecular complexity index is 569. The van der Waals surface area contributed by atoms with Gasteiger partial charge < -0.3 is 10.0 Å². The maximum Gasteiger partial charge on any atom is 0.311 e. The van der Waals surface area contributed by atoms with Gasteiger partial charge in [-0.05, 0) is 26.7 Å². The first-order valence-corrected chi connectivity index (χ1v) is 6.86. The van der Waals surface area contributed by atoms with Crippen molar-refractivity contribution in [3.05, 3.63) is 16.4 Å². The lowest BCUT2D eigenvalue weighted by Gasteiger charge is -2.37. The van der Waals surface area contributed by atoms with E-state index >= 15 is 0 Å². The zero-order valence-electron chi connectivity index (χ0n) is 11.8. The molecule has 0 aliphatic carbocycles. The van der Waals surface area contributed by atoms with Gasteiger partial charge in [-0.25, -0.2) is 0 Å². The van der Waals surface area contributed by atoms with Crippen molar-refractivity contribution in [2.75, 3.05) is 13.1 Å². The highest BCUT2D eigenvalue weighted by Gasteiger charge is 2.40. The van der Waals surface area contributed by atoms with Crippen molar-refractivity contribution < 1.29 is 14.7 Å². The average molecular weight is 300 g/mol. The first-order chi connectivity index (χ1) is 9.26. The topological polar surface area (TPSA) is 75.4 Å². The van der Waals surface area contributed by atoms with E-state index < -0.39 is 11.4 Å². The molecule has 0 aromatic carbocycles. The molecule has 1 unspecified atom stereocenters. The SMILES string of the molecule is Cc1c(Cl)c(C(=O)N2CCCC(C)(C(=O)O)C2)nn1C. The molecule has 7 heteroatoms. The minimum Gasteiger partial charge on any atom is -0.481 e. The van der Waals surface area contributed by atoms with Crippen LogP contribution >= 0.6 is 11.6 Å². The zero-order valence-corrected chi connectivity index (χ0v) is 12.6. The van der Waals surface area contributed by atoms with Crippen molar-refractivity contribution in [2.24, 2.45) is 12.5 Å². The van der Waals surface area contributed by atoms with Crippen LogP contribution in [0.15, 0.2) is 0 Å². The van der Waals surface area contributed by atoms with E-state index in [9.17, 15) is 14.7 Å². The molecule has 1 fully saturated rings. The summed E-state index contributed by atoms with van der Waals surface area (Å²) in [5.74, 6) is -1.18. The number of piperidine rings is 1. The number of rotatable bonds is 2. The fraction of sp³-hybridized carbons (Fsp3) is 0.615. The number of amides is 1. The predicted octanol–water partition coefficient (Wildman–Crippen LogP) is 1.71. The van der Waals surface area contributed by atoms with Crippen LogP contribution in [-0.4, -0.2) is 44.8 Å². The third-order valence-electron chi connectivity index (χ3n) is 3.96. The Labute approximate surface area is 122 Å². The Morgan fingerprint density at radius 3 is 2.60 bits per heavy atom. The number of nitrogens with zero attached hydrogens (tertiary/aromatic N) is 3. The summed E-state index contributed by atoms with van der Waals surface area (Å²) in [7, 11) is 1.72. The number of hydrogen-bond acceptors (Lipinski definition) is 3. The smallest absolute Gasteiger partial charge is 0.311 e. The van der Waals surface area contributed by atoms with E-state index in [2.05, 4.69) is 5.10 Å². The van der Waals surface area contributed by atoms with Gasteiger partial charge in [-0.15, -0.1) is 0 Å². The van der Waals surface area contributed by atoms with Gasteiger partial charge in [0.15, 0.2) is 5.69 Å². The van der Waals surface area contributed by atoms with Gasteiger partial charge in [-0.3, -0.25) is 14.3 Å². The van der Waals surface area contributed by atoms with Gasteiger partial charge >= 0.3 is 5.97 Å². The van der Waals surface area contributed by atoms with E-state index in [4.69, 9.17) is 11.6 Å². The fourth-order valence-electron chi connectivity index (χ4n) is 2.46. The molecule has 1 atom stereocenters. The Hall–Kier alpha value is -1.56. The largest absolute Gasteiger partial charge is 0.481 e. The molecule has 20 heavy (non-hydrogen) atoms. The number of aliphatic carboxylic acids is 1. The summed E-state index contributed by atoms with van der Waals surface area (Å²) in [5, 5.41) is 13.7. The predicted molar refractivity (Wildman–Crippen MR) is 73.8 cm³/mol. The van der Waals surface area contributed by atoms with E-state index in [0.29, 0.717) is 30.1 Å². The number of carbonyl (C=O) groups excluding carboxylic acids is 1. The maximum atomic E-state index is 12.5. The molecule has 0 radical (unpaired) electrons. The Kier molecular flexibility index (Phi) is 3.77. The molecule has 2 heterocycles. The van der Waals surface area contributed by atoms with E-state index in [1.54, 1.807) is 25.6 Å². The summed E-state index contributed by atoms with van der Waals surface area (Å²) in [6, 6.07) is 0. The second kappa shape index (κ2) is 5.09. The third kappa shape index (κ3) is 2.40. The number of halogens is 1. The molecule has 1 aromatic rings. The number of carboxylic acid groups (broad SMARTS) is 1. The highest BCUT2D eigenvalue weighted by atomic mass is 35.5. The lowest BCUT2D eigenvalue weighted by molar-refractivity contribution is -0.150. The molecule has 1 aliphatic rings. The number of likely N-dealkylation sites (tertiary alicyclic amines) is 1. The molecule has 0 saturated carbocycles. The van der Waals surface area contributed by atoms with E-state index in [1.165, 1.54) is 4.90 Å². The molecule has 2 rings (SSSR count). The molecule has 1 N–H and O–H groups in total. The molecular weight excluding hydrogens is 282 g/mol. The van der Waals surface area contributed by atoms with Crippen LogP contribution in [0, 0.1) is 12.3 Å². The zero-order chi connectivity index (χ0) is 15.1. The normalized spacial score (nSPS) is 22.9. The summed E-state index contributed by atoms with van der Waals surface area (Å²) in [5.41, 5.74) is 0.0128. The van der Waals surface area contributed by atoms with Crippen LogP contribution in [0.2, 0.25) is 5.02 Å². The third-order valence-corrected chi connectivity index (χ3v) is 4.42. The molecule has 1 amide bonds. The number of aryl methyl sites for hydroxylation is 1. The van der Waals surface area contributed by atoms with Crippen LogP contribution < -0.4 is 0 Å².